The van der Waals surface area contributed by atoms with Crippen molar-refractivity contribution in [3.05, 3.63) is 23.8 Å². The maximum atomic E-state index is 11.7. The normalized spacial score (nSPS) is 15.0. The summed E-state index contributed by atoms with van der Waals surface area (Å²) in [5.74, 6) is 1.14. The SMILES string of the molecule is COC(=O)c1ccc(Nc2nc(N3CCCCC3)nc(N3CCCCC3)n2)c(O)c1.N.N.N.N.[HH].[HH].[HH].[HH]. The number of ether oxygens (including phenoxy) is 1. The molecule has 0 saturated carbocycles. The van der Waals surface area contributed by atoms with Crippen molar-refractivity contribution in [2.75, 3.05) is 48.4 Å². The van der Waals surface area contributed by atoms with Crippen LogP contribution in [0.4, 0.5) is 23.5 Å². The Balaban J connectivity index is -0.000000454. The highest BCUT2D eigenvalue weighted by molar-refractivity contribution is 5.90. The highest BCUT2D eigenvalue weighted by Gasteiger charge is 2.21. The standard InChI is InChI=1S/C21H28N6O3.4H3N.4H2/c1-30-18(29)15-8-9-16(17(28)14-15)22-19-23-20(26-10-4-2-5-11-26)25-21(24-19)27-12-6-3-7-13-27;;;;;;;;/h8-9,14,28H,2-7,10-13H2,1H3,(H,22,23,24,25);4*1H3;4*1H. The molecule has 13 heteroatoms. The van der Waals surface area contributed by atoms with Crippen molar-refractivity contribution in [1.82, 2.24) is 39.6 Å². The number of phenolic OH excluding ortho intramolecular Hbond substituents is 1. The summed E-state index contributed by atoms with van der Waals surface area (Å²) in [7, 11) is 1.31. The predicted molar refractivity (Wildman–Crippen MR) is 143 cm³/mol. The van der Waals surface area contributed by atoms with Gasteiger partial charge in [-0.1, -0.05) is 0 Å². The second-order valence-electron chi connectivity index (χ2n) is 7.70. The Labute approximate surface area is 206 Å². The van der Waals surface area contributed by atoms with Crippen molar-refractivity contribution in [3.8, 4) is 5.75 Å². The number of carbonyl (C=O) groups is 1. The smallest absolute Gasteiger partial charge is 0.337 e. The Morgan fingerprint density at radius 1 is 0.882 bits per heavy atom. The first kappa shape index (κ1) is 30.7. The largest absolute Gasteiger partial charge is 0.506 e. The lowest BCUT2D eigenvalue weighted by atomic mass is 10.1. The zero-order valence-electron chi connectivity index (χ0n) is 20.1. The van der Waals surface area contributed by atoms with E-state index in [0.717, 1.165) is 51.9 Å². The van der Waals surface area contributed by atoms with Gasteiger partial charge in [-0.2, -0.15) is 15.0 Å². The maximum absolute atomic E-state index is 11.7. The summed E-state index contributed by atoms with van der Waals surface area (Å²) in [6.45, 7) is 3.73. The fourth-order valence-electron chi connectivity index (χ4n) is 3.88. The molecule has 34 heavy (non-hydrogen) atoms. The number of anilines is 4. The molecule has 2 aromatic rings. The highest BCUT2D eigenvalue weighted by Crippen LogP contribution is 2.29. The molecule has 0 bridgehead atoms. The van der Waals surface area contributed by atoms with Gasteiger partial charge in [0.05, 0.1) is 18.4 Å². The van der Waals surface area contributed by atoms with Crippen LogP contribution in [-0.4, -0.2) is 59.3 Å². The molecule has 14 N–H and O–H groups in total. The Morgan fingerprint density at radius 2 is 1.38 bits per heavy atom. The van der Waals surface area contributed by atoms with Crippen LogP contribution >= 0.6 is 0 Å². The minimum absolute atomic E-state index is 0. The number of hydrogen-bond donors (Lipinski definition) is 6. The van der Waals surface area contributed by atoms with Crippen LogP contribution in [0.1, 0.15) is 54.6 Å². The summed E-state index contributed by atoms with van der Waals surface area (Å²) in [6, 6.07) is 4.57. The quantitative estimate of drug-likeness (QED) is 0.246. The van der Waals surface area contributed by atoms with Gasteiger partial charge in [-0.05, 0) is 56.7 Å². The Hall–Kier alpha value is -3.26. The molecule has 0 atom stereocenters. The van der Waals surface area contributed by atoms with Crippen LogP contribution in [0.15, 0.2) is 18.2 Å². The van der Waals surface area contributed by atoms with E-state index in [9.17, 15) is 9.90 Å². The number of methoxy groups -OCH3 is 1. The van der Waals surface area contributed by atoms with Crippen LogP contribution in [0.2, 0.25) is 0 Å². The summed E-state index contributed by atoms with van der Waals surface area (Å²) in [5.41, 5.74) is 0.697. The van der Waals surface area contributed by atoms with Crippen molar-refractivity contribution in [3.63, 3.8) is 0 Å². The van der Waals surface area contributed by atoms with Gasteiger partial charge in [0.15, 0.2) is 0 Å². The van der Waals surface area contributed by atoms with Gasteiger partial charge in [-0.3, -0.25) is 0 Å². The molecule has 0 radical (unpaired) electrons. The monoisotopic (exact) mass is 488 g/mol. The van der Waals surface area contributed by atoms with Gasteiger partial charge in [0.2, 0.25) is 17.8 Å². The number of piperidine rings is 2. The molecule has 3 heterocycles. The molecule has 0 unspecified atom stereocenters. The molecule has 1 aromatic carbocycles. The third kappa shape index (κ3) is 7.12. The maximum Gasteiger partial charge on any atom is 0.337 e. The first-order valence-electron chi connectivity index (χ1n) is 10.6. The number of esters is 1. The van der Waals surface area contributed by atoms with Crippen molar-refractivity contribution in [2.45, 2.75) is 38.5 Å². The number of rotatable bonds is 5. The van der Waals surface area contributed by atoms with E-state index in [4.69, 9.17) is 9.72 Å². The lowest BCUT2D eigenvalue weighted by Crippen LogP contribution is -2.34. The number of benzene rings is 1. The van der Waals surface area contributed by atoms with Gasteiger partial charge in [-0.15, -0.1) is 0 Å². The summed E-state index contributed by atoms with van der Waals surface area (Å²) in [6.07, 6.45) is 6.97. The first-order valence-corrected chi connectivity index (χ1v) is 10.6. The lowest BCUT2D eigenvalue weighted by molar-refractivity contribution is 0.0600. The third-order valence-corrected chi connectivity index (χ3v) is 5.55. The number of carbonyl (C=O) groups excluding carboxylic acids is 1. The molecule has 2 saturated heterocycles. The molecule has 200 valence electrons. The van der Waals surface area contributed by atoms with Crippen molar-refractivity contribution >= 4 is 29.5 Å². The highest BCUT2D eigenvalue weighted by atomic mass is 16.5. The van der Waals surface area contributed by atoms with E-state index in [1.165, 1.54) is 26.0 Å². The summed E-state index contributed by atoms with van der Waals surface area (Å²) >= 11 is 0. The first-order chi connectivity index (χ1) is 14.6. The predicted octanol–water partition coefficient (Wildman–Crippen LogP) is 4.72. The minimum atomic E-state index is -0.503. The molecule has 13 nitrogen and oxygen atoms in total. The van der Waals surface area contributed by atoms with Gasteiger partial charge in [0.25, 0.3) is 0 Å². The van der Waals surface area contributed by atoms with Crippen LogP contribution in [0.25, 0.3) is 0 Å². The molecule has 2 fully saturated rings. The zero-order valence-corrected chi connectivity index (χ0v) is 20.1. The van der Waals surface area contributed by atoms with Crippen LogP contribution in [0.5, 0.6) is 5.75 Å². The van der Waals surface area contributed by atoms with Crippen molar-refractivity contribution < 1.29 is 20.3 Å². The Morgan fingerprint density at radius 3 is 1.82 bits per heavy atom. The summed E-state index contributed by atoms with van der Waals surface area (Å²) < 4.78 is 4.70. The molecule has 1 aromatic heterocycles. The Kier molecular flexibility index (Phi) is 12.7. The minimum Gasteiger partial charge on any atom is -0.506 e. The van der Waals surface area contributed by atoms with E-state index in [0.29, 0.717) is 23.5 Å². The van der Waals surface area contributed by atoms with E-state index in [1.54, 1.807) is 12.1 Å². The molecule has 0 aliphatic carbocycles. The fraction of sp³-hybridized carbons (Fsp3) is 0.524. The number of aromatic hydroxyl groups is 1. The van der Waals surface area contributed by atoms with Gasteiger partial charge in [-0.25, -0.2) is 4.79 Å². The summed E-state index contributed by atoms with van der Waals surface area (Å²) in [5, 5.41) is 13.5. The van der Waals surface area contributed by atoms with Crippen LogP contribution in [0.3, 0.4) is 0 Å². The zero-order chi connectivity index (χ0) is 20.9. The van der Waals surface area contributed by atoms with E-state index < -0.39 is 5.97 Å². The van der Waals surface area contributed by atoms with Crippen LogP contribution in [0, 0.1) is 0 Å². The number of nitrogens with one attached hydrogen (secondary N) is 1. The number of hydrogen-bond acceptors (Lipinski definition) is 13. The van der Waals surface area contributed by atoms with Crippen LogP contribution < -0.4 is 39.7 Å². The van der Waals surface area contributed by atoms with Crippen LogP contribution in [-0.2, 0) is 4.74 Å². The van der Waals surface area contributed by atoms with E-state index in [-0.39, 0.29) is 41.6 Å². The fourth-order valence-corrected chi connectivity index (χ4v) is 3.88. The third-order valence-electron chi connectivity index (χ3n) is 5.55. The second kappa shape index (κ2) is 14.1. The number of phenols is 1. The molecular formula is C21H48N10O3. The van der Waals surface area contributed by atoms with Gasteiger partial charge >= 0.3 is 5.97 Å². The van der Waals surface area contributed by atoms with Gasteiger partial charge in [0, 0.05) is 31.9 Å². The van der Waals surface area contributed by atoms with Crippen molar-refractivity contribution in [2.24, 2.45) is 0 Å². The van der Waals surface area contributed by atoms with Gasteiger partial charge < -0.3 is 49.6 Å². The Bertz CT molecular complexity index is 885. The molecule has 0 amide bonds. The topological polar surface area (TPSA) is 244 Å². The molecular weight excluding hydrogens is 440 g/mol. The van der Waals surface area contributed by atoms with E-state index >= 15 is 0 Å². The lowest BCUT2D eigenvalue weighted by Gasteiger charge is -2.30. The summed E-state index contributed by atoms with van der Waals surface area (Å²) in [4.78, 5) is 30.1. The molecule has 2 aliphatic rings. The molecule has 2 aliphatic heterocycles. The van der Waals surface area contributed by atoms with E-state index in [1.807, 2.05) is 0 Å². The van der Waals surface area contributed by atoms with Crippen molar-refractivity contribution in [1.29, 1.82) is 0 Å². The molecule has 0 spiro atoms. The van der Waals surface area contributed by atoms with Gasteiger partial charge in [0.1, 0.15) is 5.75 Å². The second-order valence-corrected chi connectivity index (χ2v) is 7.70. The average molecular weight is 489 g/mol. The van der Waals surface area contributed by atoms with E-state index in [2.05, 4.69) is 25.1 Å². The number of aromatic nitrogens is 3. The average Bonchev–Trinajstić information content (AvgIpc) is 2.81. The molecule has 4 rings (SSSR count). The number of nitrogens with zero attached hydrogens (tertiary/aromatic N) is 5.